The molecule has 0 spiro atoms. The van der Waals surface area contributed by atoms with Gasteiger partial charge in [-0.1, -0.05) is 24.3 Å². The lowest BCUT2D eigenvalue weighted by atomic mass is 9.79. The number of benzene rings is 2. The Bertz CT molecular complexity index is 777. The van der Waals surface area contributed by atoms with Gasteiger partial charge in [-0.25, -0.2) is 0 Å². The molecule has 3 rings (SSSR count). The van der Waals surface area contributed by atoms with E-state index in [1.807, 2.05) is 70.2 Å². The Morgan fingerprint density at radius 2 is 1.64 bits per heavy atom. The first-order valence-electron chi connectivity index (χ1n) is 8.38. The van der Waals surface area contributed by atoms with Crippen molar-refractivity contribution >= 4 is 12.6 Å². The van der Waals surface area contributed by atoms with Gasteiger partial charge in [0.15, 0.2) is 0 Å². The molecule has 0 radical (unpaired) electrons. The van der Waals surface area contributed by atoms with Crippen LogP contribution in [0, 0.1) is 11.3 Å². The van der Waals surface area contributed by atoms with E-state index in [-0.39, 0.29) is 18.3 Å². The van der Waals surface area contributed by atoms with Gasteiger partial charge >= 0.3 is 7.12 Å². The highest BCUT2D eigenvalue weighted by Gasteiger charge is 2.51. The van der Waals surface area contributed by atoms with Crippen LogP contribution in [0.5, 0.6) is 5.75 Å². The second-order valence-electron chi connectivity index (χ2n) is 7.26. The van der Waals surface area contributed by atoms with Crippen LogP contribution in [0.4, 0.5) is 0 Å². The standard InChI is InChI=1S/C20H22BNO3/c1-19(2)20(3,4)25-21(24-19)17-8-10-18(11-9-17)23-14-16-7-5-6-15(12-16)13-22/h5-12H,14H2,1-4H3. The fraction of sp³-hybridized carbons (Fsp3) is 0.350. The monoisotopic (exact) mass is 335 g/mol. The molecule has 2 aromatic rings. The van der Waals surface area contributed by atoms with Gasteiger partial charge in [-0.2, -0.15) is 5.26 Å². The topological polar surface area (TPSA) is 51.5 Å². The zero-order valence-corrected chi connectivity index (χ0v) is 15.1. The molecular formula is C20H22BNO3. The SMILES string of the molecule is CC1(C)OB(c2ccc(OCc3cccc(C#N)c3)cc2)OC1(C)C. The van der Waals surface area contributed by atoms with Crippen LogP contribution in [0.1, 0.15) is 38.8 Å². The molecule has 25 heavy (non-hydrogen) atoms. The molecule has 1 aliphatic rings. The van der Waals surface area contributed by atoms with Crippen LogP contribution in [0.2, 0.25) is 0 Å². The predicted molar refractivity (Wildman–Crippen MR) is 97.6 cm³/mol. The molecule has 2 aromatic carbocycles. The van der Waals surface area contributed by atoms with Crippen molar-refractivity contribution in [2.75, 3.05) is 0 Å². The summed E-state index contributed by atoms with van der Waals surface area (Å²) in [5, 5.41) is 8.94. The molecular weight excluding hydrogens is 313 g/mol. The fourth-order valence-corrected chi connectivity index (χ4v) is 2.60. The van der Waals surface area contributed by atoms with Gasteiger partial charge in [0.25, 0.3) is 0 Å². The van der Waals surface area contributed by atoms with Crippen molar-refractivity contribution in [3.63, 3.8) is 0 Å². The molecule has 1 aliphatic heterocycles. The molecule has 0 unspecified atom stereocenters. The molecule has 0 aromatic heterocycles. The summed E-state index contributed by atoms with van der Waals surface area (Å²) in [6.07, 6.45) is 0. The number of ether oxygens (including phenoxy) is 1. The first kappa shape index (κ1) is 17.5. The third-order valence-electron chi connectivity index (χ3n) is 4.87. The predicted octanol–water partition coefficient (Wildman–Crippen LogP) is 3.44. The zero-order chi connectivity index (χ0) is 18.1. The summed E-state index contributed by atoms with van der Waals surface area (Å²) in [4.78, 5) is 0. The maximum absolute atomic E-state index is 8.94. The minimum absolute atomic E-state index is 0.349. The molecule has 0 aliphatic carbocycles. The highest BCUT2D eigenvalue weighted by molar-refractivity contribution is 6.62. The van der Waals surface area contributed by atoms with E-state index in [1.165, 1.54) is 0 Å². The number of hydrogen-bond donors (Lipinski definition) is 0. The van der Waals surface area contributed by atoms with Crippen molar-refractivity contribution in [1.82, 2.24) is 0 Å². The van der Waals surface area contributed by atoms with Gasteiger partial charge in [0.2, 0.25) is 0 Å². The molecule has 0 atom stereocenters. The van der Waals surface area contributed by atoms with E-state index in [9.17, 15) is 0 Å². The van der Waals surface area contributed by atoms with Crippen molar-refractivity contribution in [3.8, 4) is 11.8 Å². The van der Waals surface area contributed by atoms with Crippen molar-refractivity contribution in [2.24, 2.45) is 0 Å². The summed E-state index contributed by atoms with van der Waals surface area (Å²) >= 11 is 0. The van der Waals surface area contributed by atoms with Crippen LogP contribution in [-0.4, -0.2) is 18.3 Å². The van der Waals surface area contributed by atoms with E-state index < -0.39 is 0 Å². The van der Waals surface area contributed by atoms with E-state index in [1.54, 1.807) is 6.07 Å². The van der Waals surface area contributed by atoms with Crippen LogP contribution in [0.25, 0.3) is 0 Å². The molecule has 4 nitrogen and oxygen atoms in total. The lowest BCUT2D eigenvalue weighted by Crippen LogP contribution is -2.41. The van der Waals surface area contributed by atoms with E-state index in [0.717, 1.165) is 16.8 Å². The Kier molecular flexibility index (Phi) is 4.59. The van der Waals surface area contributed by atoms with Crippen LogP contribution in [0.15, 0.2) is 48.5 Å². The highest BCUT2D eigenvalue weighted by Crippen LogP contribution is 2.36. The first-order valence-corrected chi connectivity index (χ1v) is 8.38. The maximum atomic E-state index is 8.94. The quantitative estimate of drug-likeness (QED) is 0.803. The van der Waals surface area contributed by atoms with Gasteiger partial charge in [-0.05, 0) is 63.0 Å². The van der Waals surface area contributed by atoms with E-state index in [2.05, 4.69) is 6.07 Å². The van der Waals surface area contributed by atoms with Gasteiger partial charge in [-0.3, -0.25) is 0 Å². The Morgan fingerprint density at radius 1 is 1.00 bits per heavy atom. The summed E-state index contributed by atoms with van der Waals surface area (Å²) in [5.74, 6) is 0.766. The summed E-state index contributed by atoms with van der Waals surface area (Å²) in [7, 11) is -0.369. The van der Waals surface area contributed by atoms with E-state index >= 15 is 0 Å². The summed E-state index contributed by atoms with van der Waals surface area (Å²) < 4.78 is 17.9. The van der Waals surface area contributed by atoms with Crippen LogP contribution in [0.3, 0.4) is 0 Å². The summed E-state index contributed by atoms with van der Waals surface area (Å²) in [5.41, 5.74) is 1.88. The Morgan fingerprint density at radius 3 is 2.24 bits per heavy atom. The summed E-state index contributed by atoms with van der Waals surface area (Å²) in [6, 6.07) is 17.3. The van der Waals surface area contributed by atoms with Crippen molar-refractivity contribution in [3.05, 3.63) is 59.7 Å². The van der Waals surface area contributed by atoms with E-state index in [0.29, 0.717) is 12.2 Å². The Hall–Kier alpha value is -2.29. The molecule has 0 N–H and O–H groups in total. The van der Waals surface area contributed by atoms with Crippen molar-refractivity contribution < 1.29 is 14.0 Å². The minimum atomic E-state index is -0.369. The molecule has 1 fully saturated rings. The normalized spacial score (nSPS) is 18.0. The second kappa shape index (κ2) is 6.55. The van der Waals surface area contributed by atoms with E-state index in [4.69, 9.17) is 19.3 Å². The molecule has 0 amide bonds. The summed E-state index contributed by atoms with van der Waals surface area (Å²) in [6.45, 7) is 8.59. The van der Waals surface area contributed by atoms with Gasteiger partial charge in [0.05, 0.1) is 22.8 Å². The largest absolute Gasteiger partial charge is 0.494 e. The lowest BCUT2D eigenvalue weighted by Gasteiger charge is -2.32. The van der Waals surface area contributed by atoms with Gasteiger partial charge in [0.1, 0.15) is 12.4 Å². The van der Waals surface area contributed by atoms with Crippen LogP contribution >= 0.6 is 0 Å². The van der Waals surface area contributed by atoms with Gasteiger partial charge < -0.3 is 14.0 Å². The third-order valence-corrected chi connectivity index (χ3v) is 4.87. The second-order valence-corrected chi connectivity index (χ2v) is 7.26. The molecule has 0 saturated carbocycles. The van der Waals surface area contributed by atoms with Crippen molar-refractivity contribution in [1.29, 1.82) is 5.26 Å². The number of hydrogen-bond acceptors (Lipinski definition) is 4. The average Bonchev–Trinajstić information content (AvgIpc) is 2.81. The third kappa shape index (κ3) is 3.71. The molecule has 0 bridgehead atoms. The number of nitriles is 1. The smallest absolute Gasteiger partial charge is 0.489 e. The number of nitrogens with zero attached hydrogens (tertiary/aromatic N) is 1. The average molecular weight is 335 g/mol. The zero-order valence-electron chi connectivity index (χ0n) is 15.1. The Labute approximate surface area is 149 Å². The van der Waals surface area contributed by atoms with Crippen LogP contribution in [-0.2, 0) is 15.9 Å². The Balaban J connectivity index is 1.64. The minimum Gasteiger partial charge on any atom is -0.489 e. The highest BCUT2D eigenvalue weighted by atomic mass is 16.7. The molecule has 1 saturated heterocycles. The van der Waals surface area contributed by atoms with Gasteiger partial charge in [-0.15, -0.1) is 0 Å². The van der Waals surface area contributed by atoms with Crippen LogP contribution < -0.4 is 10.2 Å². The fourth-order valence-electron chi connectivity index (χ4n) is 2.60. The first-order chi connectivity index (χ1) is 11.8. The van der Waals surface area contributed by atoms with Crippen molar-refractivity contribution in [2.45, 2.75) is 45.5 Å². The molecule has 128 valence electrons. The molecule has 1 heterocycles. The molecule has 5 heteroatoms. The lowest BCUT2D eigenvalue weighted by molar-refractivity contribution is 0.00578. The number of rotatable bonds is 4. The van der Waals surface area contributed by atoms with Gasteiger partial charge in [0, 0.05) is 0 Å². The maximum Gasteiger partial charge on any atom is 0.494 e.